The topological polar surface area (TPSA) is 72.2 Å². The van der Waals surface area contributed by atoms with Crippen LogP contribution < -0.4 is 5.56 Å². The second-order valence-corrected chi connectivity index (χ2v) is 6.00. The molecule has 0 radical (unpaired) electrons. The van der Waals surface area contributed by atoms with Gasteiger partial charge in [0.25, 0.3) is 5.56 Å². The van der Waals surface area contributed by atoms with Gasteiger partial charge in [-0.3, -0.25) is 14.2 Å². The first-order chi connectivity index (χ1) is 9.66. The van der Waals surface area contributed by atoms with Crippen LogP contribution >= 0.6 is 22.7 Å². The van der Waals surface area contributed by atoms with Gasteiger partial charge in [-0.05, 0) is 11.4 Å². The van der Waals surface area contributed by atoms with Crippen molar-refractivity contribution in [1.82, 2.24) is 9.55 Å². The van der Waals surface area contributed by atoms with Crippen molar-refractivity contribution in [2.24, 2.45) is 0 Å². The van der Waals surface area contributed by atoms with Gasteiger partial charge >= 0.3 is 5.97 Å². The molecule has 7 heteroatoms. The van der Waals surface area contributed by atoms with Crippen LogP contribution in [0.1, 0.15) is 6.42 Å². The van der Waals surface area contributed by atoms with Crippen molar-refractivity contribution >= 4 is 38.9 Å². The molecule has 0 aromatic carbocycles. The molecule has 1 N–H and O–H groups in total. The predicted molar refractivity (Wildman–Crippen MR) is 79.4 cm³/mol. The molecule has 3 aromatic heterocycles. The highest BCUT2D eigenvalue weighted by molar-refractivity contribution is 7.18. The lowest BCUT2D eigenvalue weighted by atomic mass is 10.2. The lowest BCUT2D eigenvalue weighted by Crippen LogP contribution is -2.21. The molecule has 0 aliphatic carbocycles. The monoisotopic (exact) mass is 306 g/mol. The molecule has 0 unspecified atom stereocenters. The van der Waals surface area contributed by atoms with Crippen molar-refractivity contribution in [3.05, 3.63) is 39.6 Å². The van der Waals surface area contributed by atoms with E-state index in [1.807, 2.05) is 22.9 Å². The quantitative estimate of drug-likeness (QED) is 0.804. The first kappa shape index (κ1) is 13.0. The second kappa shape index (κ2) is 5.18. The van der Waals surface area contributed by atoms with Crippen molar-refractivity contribution in [2.75, 3.05) is 0 Å². The summed E-state index contributed by atoms with van der Waals surface area (Å²) in [7, 11) is 0. The standard InChI is InChI=1S/C13H10N2O3S2/c16-10(17)3-4-15-7-14-12-11(13(15)18)8(6-20-12)9-2-1-5-19-9/h1-2,5-7H,3-4H2,(H,16,17). The number of fused-ring (bicyclic) bond motifs is 1. The number of aryl methyl sites for hydroxylation is 1. The maximum atomic E-state index is 12.5. The Balaban J connectivity index is 2.13. The van der Waals surface area contributed by atoms with Gasteiger partial charge in [-0.15, -0.1) is 22.7 Å². The van der Waals surface area contributed by atoms with Gasteiger partial charge in [0.2, 0.25) is 0 Å². The highest BCUT2D eigenvalue weighted by atomic mass is 32.1. The minimum absolute atomic E-state index is 0.0917. The SMILES string of the molecule is O=C(O)CCn1cnc2scc(-c3cccs3)c2c1=O. The number of nitrogens with zero attached hydrogens (tertiary/aromatic N) is 2. The molecular weight excluding hydrogens is 296 g/mol. The summed E-state index contributed by atoms with van der Waals surface area (Å²) < 4.78 is 1.36. The molecule has 3 aromatic rings. The molecule has 0 aliphatic heterocycles. The highest BCUT2D eigenvalue weighted by Gasteiger charge is 2.14. The van der Waals surface area contributed by atoms with E-state index in [-0.39, 0.29) is 18.5 Å². The lowest BCUT2D eigenvalue weighted by Gasteiger charge is -2.03. The molecule has 0 atom stereocenters. The van der Waals surface area contributed by atoms with E-state index >= 15 is 0 Å². The Kier molecular flexibility index (Phi) is 3.37. The molecule has 5 nitrogen and oxygen atoms in total. The van der Waals surface area contributed by atoms with Crippen LogP contribution in [0.2, 0.25) is 0 Å². The van der Waals surface area contributed by atoms with Crippen LogP contribution in [0.3, 0.4) is 0 Å². The Labute approximate surface area is 121 Å². The lowest BCUT2D eigenvalue weighted by molar-refractivity contribution is -0.137. The minimum atomic E-state index is -0.930. The van der Waals surface area contributed by atoms with Gasteiger partial charge in [0.05, 0.1) is 18.1 Å². The summed E-state index contributed by atoms with van der Waals surface area (Å²) in [5, 5.41) is 13.2. The van der Waals surface area contributed by atoms with Crippen LogP contribution in [0, 0.1) is 0 Å². The molecule has 0 fully saturated rings. The molecule has 0 saturated carbocycles. The molecule has 0 spiro atoms. The van der Waals surface area contributed by atoms with E-state index in [4.69, 9.17) is 5.11 Å². The van der Waals surface area contributed by atoms with Crippen molar-refractivity contribution in [3.8, 4) is 10.4 Å². The largest absolute Gasteiger partial charge is 0.481 e. The average molecular weight is 306 g/mol. The number of aromatic nitrogens is 2. The minimum Gasteiger partial charge on any atom is -0.481 e. The predicted octanol–water partition coefficient (Wildman–Crippen LogP) is 2.66. The van der Waals surface area contributed by atoms with Crippen LogP contribution in [0.15, 0.2) is 34.0 Å². The molecule has 0 bridgehead atoms. The van der Waals surface area contributed by atoms with Crippen molar-refractivity contribution in [1.29, 1.82) is 0 Å². The van der Waals surface area contributed by atoms with Gasteiger partial charge < -0.3 is 5.11 Å². The number of carboxylic acids is 1. The van der Waals surface area contributed by atoms with E-state index in [1.54, 1.807) is 11.3 Å². The maximum absolute atomic E-state index is 12.5. The number of rotatable bonds is 4. The van der Waals surface area contributed by atoms with Crippen LogP contribution in [0.5, 0.6) is 0 Å². The third-order valence-corrected chi connectivity index (χ3v) is 4.70. The second-order valence-electron chi connectivity index (χ2n) is 4.19. The number of aliphatic carboxylic acids is 1. The third kappa shape index (κ3) is 2.25. The Morgan fingerprint density at radius 2 is 2.25 bits per heavy atom. The number of carbonyl (C=O) groups is 1. The molecular formula is C13H10N2O3S2. The number of carboxylic acid groups (broad SMARTS) is 1. The summed E-state index contributed by atoms with van der Waals surface area (Å²) >= 11 is 2.99. The number of hydrogen-bond acceptors (Lipinski definition) is 5. The summed E-state index contributed by atoms with van der Waals surface area (Å²) in [5.41, 5.74) is 0.697. The van der Waals surface area contributed by atoms with Crippen molar-refractivity contribution < 1.29 is 9.90 Å². The third-order valence-electron chi connectivity index (χ3n) is 2.91. The first-order valence-corrected chi connectivity index (χ1v) is 7.65. The molecule has 102 valence electrons. The summed E-state index contributed by atoms with van der Waals surface area (Å²) in [4.78, 5) is 29.0. The maximum Gasteiger partial charge on any atom is 0.305 e. The van der Waals surface area contributed by atoms with Gasteiger partial charge in [-0.25, -0.2) is 4.98 Å². The smallest absolute Gasteiger partial charge is 0.305 e. The zero-order valence-corrected chi connectivity index (χ0v) is 11.9. The molecule has 3 rings (SSSR count). The fourth-order valence-corrected chi connectivity index (χ4v) is 3.68. The summed E-state index contributed by atoms with van der Waals surface area (Å²) in [6, 6.07) is 3.89. The van der Waals surface area contributed by atoms with Crippen LogP contribution in [0.4, 0.5) is 0 Å². The zero-order valence-electron chi connectivity index (χ0n) is 10.3. The molecule has 0 aliphatic rings. The van der Waals surface area contributed by atoms with Crippen molar-refractivity contribution in [2.45, 2.75) is 13.0 Å². The molecule has 3 heterocycles. The first-order valence-electron chi connectivity index (χ1n) is 5.89. The molecule has 0 amide bonds. The summed E-state index contributed by atoms with van der Waals surface area (Å²) in [6.45, 7) is 0.136. The van der Waals surface area contributed by atoms with Crippen LogP contribution in [0.25, 0.3) is 20.7 Å². The van der Waals surface area contributed by atoms with E-state index in [1.165, 1.54) is 22.2 Å². The highest BCUT2D eigenvalue weighted by Crippen LogP contribution is 2.33. The van der Waals surface area contributed by atoms with Gasteiger partial charge in [-0.2, -0.15) is 0 Å². The van der Waals surface area contributed by atoms with E-state index in [0.717, 1.165) is 10.4 Å². The summed E-state index contributed by atoms with van der Waals surface area (Å²) in [5.74, 6) is -0.930. The van der Waals surface area contributed by atoms with Gasteiger partial charge in [0.1, 0.15) is 4.83 Å². The van der Waals surface area contributed by atoms with E-state index in [2.05, 4.69) is 4.98 Å². The van der Waals surface area contributed by atoms with Crippen molar-refractivity contribution in [3.63, 3.8) is 0 Å². The van der Waals surface area contributed by atoms with Gasteiger partial charge in [0, 0.05) is 22.4 Å². The Hall–Kier alpha value is -1.99. The van der Waals surface area contributed by atoms with Gasteiger partial charge in [-0.1, -0.05) is 6.07 Å². The number of thiophene rings is 2. The van der Waals surface area contributed by atoms with Crippen LogP contribution in [-0.4, -0.2) is 20.6 Å². The van der Waals surface area contributed by atoms with E-state index in [0.29, 0.717) is 10.2 Å². The Morgan fingerprint density at radius 1 is 1.40 bits per heavy atom. The van der Waals surface area contributed by atoms with Gasteiger partial charge in [0.15, 0.2) is 0 Å². The Bertz CT molecular complexity index is 818. The van der Waals surface area contributed by atoms with E-state index in [9.17, 15) is 9.59 Å². The van der Waals surface area contributed by atoms with Crippen LogP contribution in [-0.2, 0) is 11.3 Å². The number of hydrogen-bond donors (Lipinski definition) is 1. The molecule has 0 saturated heterocycles. The fraction of sp³-hybridized carbons (Fsp3) is 0.154. The molecule has 20 heavy (non-hydrogen) atoms. The fourth-order valence-electron chi connectivity index (χ4n) is 1.96. The summed E-state index contributed by atoms with van der Waals surface area (Å²) in [6.07, 6.45) is 1.33. The normalized spacial score (nSPS) is 11.0. The van der Waals surface area contributed by atoms with E-state index < -0.39 is 5.97 Å². The average Bonchev–Trinajstić information content (AvgIpc) is 3.06. The zero-order chi connectivity index (χ0) is 14.1. The Morgan fingerprint density at radius 3 is 2.95 bits per heavy atom.